The van der Waals surface area contributed by atoms with Crippen LogP contribution in [0.4, 0.5) is 13.2 Å². The van der Waals surface area contributed by atoms with E-state index in [2.05, 4.69) is 5.09 Å². The van der Waals surface area contributed by atoms with Crippen LogP contribution in [0.1, 0.15) is 51.0 Å². The van der Waals surface area contributed by atoms with Gasteiger partial charge in [0.2, 0.25) is 0 Å². The van der Waals surface area contributed by atoms with Gasteiger partial charge in [-0.1, -0.05) is 26.2 Å². The van der Waals surface area contributed by atoms with Gasteiger partial charge in [-0.05, 0) is 43.5 Å². The first-order chi connectivity index (χ1) is 12.6. The number of rotatable bonds is 8. The molecule has 27 heavy (non-hydrogen) atoms. The lowest BCUT2D eigenvalue weighted by atomic mass is 10.00. The van der Waals surface area contributed by atoms with Gasteiger partial charge in [-0.2, -0.15) is 13.2 Å². The van der Waals surface area contributed by atoms with Crippen molar-refractivity contribution in [2.24, 2.45) is 0 Å². The second-order valence-electron chi connectivity index (χ2n) is 6.48. The molecule has 152 valence electrons. The standard InChI is InChI=1S/C17H22ClF3NO4P/c1-2-3-12-25-15(23)16(10-4-5-11-16)22-27(18,24)26-14-8-6-13(7-9-14)17(19,20)21/h6-9H,2-5,10-12H2,1H3,(H,22,24). The van der Waals surface area contributed by atoms with Gasteiger partial charge in [0, 0.05) is 11.2 Å². The van der Waals surface area contributed by atoms with Crippen molar-refractivity contribution in [1.82, 2.24) is 5.09 Å². The molecule has 0 aromatic heterocycles. The Kier molecular flexibility index (Phi) is 7.22. The molecule has 1 atom stereocenters. The molecule has 10 heteroatoms. The smallest absolute Gasteiger partial charge is 0.416 e. The van der Waals surface area contributed by atoms with Gasteiger partial charge in [0.25, 0.3) is 0 Å². The van der Waals surface area contributed by atoms with E-state index in [1.807, 2.05) is 6.92 Å². The second kappa shape index (κ2) is 8.84. The topological polar surface area (TPSA) is 64.6 Å². The summed E-state index contributed by atoms with van der Waals surface area (Å²) in [5.74, 6) is -0.633. The third-order valence-corrected chi connectivity index (χ3v) is 5.93. The third-order valence-electron chi connectivity index (χ3n) is 4.33. The van der Waals surface area contributed by atoms with Crippen LogP contribution in [-0.2, 0) is 20.3 Å². The summed E-state index contributed by atoms with van der Waals surface area (Å²) in [6, 6.07) is 3.66. The first-order valence-corrected chi connectivity index (χ1v) is 11.2. The molecular formula is C17H22ClF3NO4P. The van der Waals surface area contributed by atoms with E-state index < -0.39 is 30.1 Å². The lowest BCUT2D eigenvalue weighted by molar-refractivity contribution is -0.150. The molecule has 0 heterocycles. The second-order valence-corrected chi connectivity index (χ2v) is 9.18. The van der Waals surface area contributed by atoms with Gasteiger partial charge in [-0.25, -0.2) is 9.65 Å². The normalized spacial score (nSPS) is 18.7. The van der Waals surface area contributed by atoms with Gasteiger partial charge in [-0.15, -0.1) is 0 Å². The summed E-state index contributed by atoms with van der Waals surface area (Å²) in [6.07, 6.45) is -0.672. The summed E-state index contributed by atoms with van der Waals surface area (Å²) in [5.41, 5.74) is -2.07. The van der Waals surface area contributed by atoms with Crippen molar-refractivity contribution in [3.05, 3.63) is 29.8 Å². The Bertz CT molecular complexity index is 690. The number of hydrogen-bond acceptors (Lipinski definition) is 4. The summed E-state index contributed by atoms with van der Waals surface area (Å²) >= 11 is 5.97. The van der Waals surface area contributed by atoms with Crippen molar-refractivity contribution in [2.45, 2.75) is 57.2 Å². The molecular weight excluding hydrogens is 406 g/mol. The summed E-state index contributed by atoms with van der Waals surface area (Å²) in [6.45, 7) is -1.82. The maximum atomic E-state index is 12.7. The van der Waals surface area contributed by atoms with Crippen LogP contribution in [0.15, 0.2) is 24.3 Å². The maximum Gasteiger partial charge on any atom is 0.416 e. The number of carbonyl (C=O) groups excluding carboxylic acids is 1. The minimum atomic E-state index is -4.49. The number of carbonyl (C=O) groups is 1. The molecule has 0 saturated heterocycles. The van der Waals surface area contributed by atoms with Crippen LogP contribution in [0, 0.1) is 0 Å². The molecule has 0 spiro atoms. The molecule has 0 radical (unpaired) electrons. The van der Waals surface area contributed by atoms with Gasteiger partial charge in [0.05, 0.1) is 12.2 Å². The average Bonchev–Trinajstić information content (AvgIpc) is 3.03. The fraction of sp³-hybridized carbons (Fsp3) is 0.588. The maximum absolute atomic E-state index is 12.7. The van der Waals surface area contributed by atoms with Crippen LogP contribution in [0.5, 0.6) is 5.75 Å². The van der Waals surface area contributed by atoms with Gasteiger partial charge in [0.1, 0.15) is 11.3 Å². The molecule has 0 bridgehead atoms. The summed E-state index contributed by atoms with van der Waals surface area (Å²) < 4.78 is 60.9. The fourth-order valence-corrected chi connectivity index (χ4v) is 4.90. The molecule has 5 nitrogen and oxygen atoms in total. The number of halogens is 4. The summed E-state index contributed by atoms with van der Waals surface area (Å²) in [4.78, 5) is 12.5. The van der Waals surface area contributed by atoms with Crippen LogP contribution in [-0.4, -0.2) is 18.1 Å². The molecule has 1 saturated carbocycles. The van der Waals surface area contributed by atoms with E-state index in [0.717, 1.165) is 43.5 Å². The number of nitrogens with one attached hydrogen (secondary N) is 1. The predicted octanol–water partition coefficient (Wildman–Crippen LogP) is 5.68. The number of alkyl halides is 3. The van der Waals surface area contributed by atoms with Crippen LogP contribution in [0.2, 0.25) is 0 Å². The molecule has 1 aromatic carbocycles. The number of hydrogen-bond donors (Lipinski definition) is 1. The molecule has 0 amide bonds. The van der Waals surface area contributed by atoms with E-state index in [1.165, 1.54) is 0 Å². The Hall–Kier alpha value is -1.24. The van der Waals surface area contributed by atoms with E-state index >= 15 is 0 Å². The van der Waals surface area contributed by atoms with Gasteiger partial charge in [-0.3, -0.25) is 4.79 Å². The molecule has 0 aliphatic heterocycles. The largest absolute Gasteiger partial charge is 0.464 e. The lowest BCUT2D eigenvalue weighted by Crippen LogP contribution is -2.49. The average molecular weight is 428 g/mol. The minimum absolute atomic E-state index is 0.0960. The number of esters is 1. The quantitative estimate of drug-likeness (QED) is 0.328. The van der Waals surface area contributed by atoms with Crippen molar-refractivity contribution in [1.29, 1.82) is 0 Å². The third kappa shape index (κ3) is 6.13. The Labute approximate surface area is 160 Å². The molecule has 2 rings (SSSR count). The highest BCUT2D eigenvalue weighted by molar-refractivity contribution is 7.84. The van der Waals surface area contributed by atoms with Crippen molar-refractivity contribution in [2.75, 3.05) is 6.61 Å². The Morgan fingerprint density at radius 1 is 1.26 bits per heavy atom. The zero-order chi connectivity index (χ0) is 20.1. The zero-order valence-electron chi connectivity index (χ0n) is 14.9. The Morgan fingerprint density at radius 3 is 2.37 bits per heavy atom. The van der Waals surface area contributed by atoms with E-state index in [-0.39, 0.29) is 12.4 Å². The molecule has 1 aromatic rings. The monoisotopic (exact) mass is 427 g/mol. The zero-order valence-corrected chi connectivity index (χ0v) is 16.5. The summed E-state index contributed by atoms with van der Waals surface area (Å²) in [5, 5.41) is 2.59. The number of unbranched alkanes of at least 4 members (excludes halogenated alkanes) is 1. The fourth-order valence-electron chi connectivity index (χ4n) is 2.91. The van der Waals surface area contributed by atoms with Gasteiger partial charge >= 0.3 is 19.0 Å². The highest BCUT2D eigenvalue weighted by Crippen LogP contribution is 2.52. The minimum Gasteiger partial charge on any atom is -0.464 e. The van der Waals surface area contributed by atoms with Crippen LogP contribution in [0.3, 0.4) is 0 Å². The van der Waals surface area contributed by atoms with Crippen molar-refractivity contribution < 1.29 is 31.8 Å². The van der Waals surface area contributed by atoms with E-state index in [0.29, 0.717) is 19.3 Å². The molecule has 1 aliphatic carbocycles. The molecule has 1 aliphatic rings. The van der Waals surface area contributed by atoms with E-state index in [4.69, 9.17) is 20.5 Å². The van der Waals surface area contributed by atoms with Crippen LogP contribution < -0.4 is 9.61 Å². The molecule has 1 fully saturated rings. The first-order valence-electron chi connectivity index (χ1n) is 8.71. The molecule has 1 unspecified atom stereocenters. The van der Waals surface area contributed by atoms with Crippen molar-refractivity contribution >= 4 is 24.1 Å². The van der Waals surface area contributed by atoms with Crippen molar-refractivity contribution in [3.63, 3.8) is 0 Å². The predicted molar refractivity (Wildman–Crippen MR) is 95.7 cm³/mol. The van der Waals surface area contributed by atoms with Gasteiger partial charge < -0.3 is 9.26 Å². The highest BCUT2D eigenvalue weighted by atomic mass is 35.7. The first kappa shape index (κ1) is 22.1. The highest BCUT2D eigenvalue weighted by Gasteiger charge is 2.47. The van der Waals surface area contributed by atoms with Crippen molar-refractivity contribution in [3.8, 4) is 5.75 Å². The van der Waals surface area contributed by atoms with Crippen LogP contribution in [0.25, 0.3) is 0 Å². The van der Waals surface area contributed by atoms with E-state index in [9.17, 15) is 22.5 Å². The van der Waals surface area contributed by atoms with E-state index in [1.54, 1.807) is 0 Å². The SMILES string of the molecule is CCCCOC(=O)C1(NP(=O)(Cl)Oc2ccc(C(F)(F)F)cc2)CCCC1. The van der Waals surface area contributed by atoms with Crippen LogP contribution >= 0.6 is 18.1 Å². The molecule has 1 N–H and O–H groups in total. The summed E-state index contributed by atoms with van der Waals surface area (Å²) in [7, 11) is 0. The van der Waals surface area contributed by atoms with Gasteiger partial charge in [0.15, 0.2) is 0 Å². The number of benzene rings is 1. The Balaban J connectivity index is 2.08. The lowest BCUT2D eigenvalue weighted by Gasteiger charge is -2.29. The Morgan fingerprint density at radius 2 is 1.85 bits per heavy atom. The number of ether oxygens (including phenoxy) is 1.